The van der Waals surface area contributed by atoms with Crippen molar-refractivity contribution in [2.45, 2.75) is 19.1 Å². The molecule has 1 aliphatic heterocycles. The standard InChI is InChI=1S/C8H18N2O2/c1-7-4-10(2-3-12-7)5-8(9)6-11/h7-8,11H,2-6,9H2,1H3. The molecule has 2 unspecified atom stereocenters. The average Bonchev–Trinajstić information content (AvgIpc) is 2.04. The third-order valence-electron chi connectivity index (χ3n) is 2.05. The van der Waals surface area contributed by atoms with Gasteiger partial charge in [0.2, 0.25) is 0 Å². The van der Waals surface area contributed by atoms with Gasteiger partial charge in [0.05, 0.1) is 19.3 Å². The van der Waals surface area contributed by atoms with Gasteiger partial charge in [-0.2, -0.15) is 0 Å². The van der Waals surface area contributed by atoms with Crippen LogP contribution in [0.2, 0.25) is 0 Å². The van der Waals surface area contributed by atoms with Gasteiger partial charge in [0.1, 0.15) is 0 Å². The summed E-state index contributed by atoms with van der Waals surface area (Å²) in [6, 6.07) is -0.115. The Labute approximate surface area is 73.3 Å². The zero-order valence-corrected chi connectivity index (χ0v) is 7.57. The smallest absolute Gasteiger partial charge is 0.0674 e. The number of nitrogens with two attached hydrogens (primary N) is 1. The highest BCUT2D eigenvalue weighted by Gasteiger charge is 2.17. The maximum absolute atomic E-state index is 8.75. The second-order valence-electron chi connectivity index (χ2n) is 3.38. The number of aliphatic hydroxyl groups excluding tert-OH is 1. The summed E-state index contributed by atoms with van der Waals surface area (Å²) in [6.07, 6.45) is 0.296. The first-order valence-electron chi connectivity index (χ1n) is 4.42. The van der Waals surface area contributed by atoms with Crippen LogP contribution in [0.5, 0.6) is 0 Å². The van der Waals surface area contributed by atoms with E-state index in [4.69, 9.17) is 15.6 Å². The second-order valence-corrected chi connectivity index (χ2v) is 3.38. The predicted molar refractivity (Wildman–Crippen MR) is 46.9 cm³/mol. The fourth-order valence-electron chi connectivity index (χ4n) is 1.45. The molecule has 3 N–H and O–H groups in total. The summed E-state index contributed by atoms with van der Waals surface area (Å²) in [4.78, 5) is 2.23. The van der Waals surface area contributed by atoms with Gasteiger partial charge in [-0.3, -0.25) is 4.90 Å². The Balaban J connectivity index is 2.22. The topological polar surface area (TPSA) is 58.7 Å². The van der Waals surface area contributed by atoms with Crippen LogP contribution in [0.15, 0.2) is 0 Å². The number of aliphatic hydroxyl groups is 1. The molecule has 1 heterocycles. The molecule has 1 rings (SSSR count). The van der Waals surface area contributed by atoms with Crippen LogP contribution in [0.3, 0.4) is 0 Å². The number of nitrogens with zero attached hydrogens (tertiary/aromatic N) is 1. The van der Waals surface area contributed by atoms with Crippen molar-refractivity contribution in [2.24, 2.45) is 5.73 Å². The number of ether oxygens (including phenoxy) is 1. The Morgan fingerprint density at radius 1 is 1.75 bits per heavy atom. The van der Waals surface area contributed by atoms with Gasteiger partial charge in [0, 0.05) is 25.7 Å². The third-order valence-corrected chi connectivity index (χ3v) is 2.05. The molecule has 0 saturated carbocycles. The molecule has 4 heteroatoms. The summed E-state index contributed by atoms with van der Waals surface area (Å²) in [7, 11) is 0. The van der Waals surface area contributed by atoms with Crippen molar-refractivity contribution in [3.05, 3.63) is 0 Å². The van der Waals surface area contributed by atoms with Crippen molar-refractivity contribution >= 4 is 0 Å². The van der Waals surface area contributed by atoms with Crippen LogP contribution in [-0.2, 0) is 4.74 Å². The van der Waals surface area contributed by atoms with Gasteiger partial charge in [-0.15, -0.1) is 0 Å². The zero-order valence-electron chi connectivity index (χ0n) is 7.57. The van der Waals surface area contributed by atoms with E-state index in [1.807, 2.05) is 0 Å². The van der Waals surface area contributed by atoms with Crippen LogP contribution in [-0.4, -0.2) is 55.0 Å². The van der Waals surface area contributed by atoms with Gasteiger partial charge in [-0.25, -0.2) is 0 Å². The predicted octanol–water partition coefficient (Wildman–Crippen LogP) is -0.973. The minimum Gasteiger partial charge on any atom is -0.395 e. The lowest BCUT2D eigenvalue weighted by atomic mass is 10.2. The lowest BCUT2D eigenvalue weighted by Crippen LogP contribution is -2.47. The van der Waals surface area contributed by atoms with Crippen molar-refractivity contribution in [2.75, 3.05) is 32.8 Å². The number of rotatable bonds is 3. The monoisotopic (exact) mass is 174 g/mol. The Hall–Kier alpha value is -0.160. The van der Waals surface area contributed by atoms with Crippen LogP contribution in [0.25, 0.3) is 0 Å². The highest BCUT2D eigenvalue weighted by Crippen LogP contribution is 2.03. The molecule has 1 saturated heterocycles. The normalized spacial score (nSPS) is 28.8. The van der Waals surface area contributed by atoms with E-state index < -0.39 is 0 Å². The summed E-state index contributed by atoms with van der Waals surface area (Å²) < 4.78 is 5.38. The van der Waals surface area contributed by atoms with Gasteiger partial charge in [-0.1, -0.05) is 0 Å². The maximum Gasteiger partial charge on any atom is 0.0674 e. The quantitative estimate of drug-likeness (QED) is 0.578. The molecule has 0 amide bonds. The molecule has 12 heavy (non-hydrogen) atoms. The molecule has 1 fully saturated rings. The van der Waals surface area contributed by atoms with Gasteiger partial charge < -0.3 is 15.6 Å². The van der Waals surface area contributed by atoms with Crippen LogP contribution < -0.4 is 5.73 Å². The highest BCUT2D eigenvalue weighted by molar-refractivity contribution is 4.72. The Morgan fingerprint density at radius 3 is 3.08 bits per heavy atom. The molecule has 2 atom stereocenters. The second kappa shape index (κ2) is 4.77. The third kappa shape index (κ3) is 3.06. The van der Waals surface area contributed by atoms with Crippen molar-refractivity contribution in [3.8, 4) is 0 Å². The van der Waals surface area contributed by atoms with Crippen LogP contribution in [0.1, 0.15) is 6.92 Å². The maximum atomic E-state index is 8.75. The fraction of sp³-hybridized carbons (Fsp3) is 1.00. The molecule has 0 spiro atoms. The summed E-state index contributed by atoms with van der Waals surface area (Å²) in [5.41, 5.74) is 5.62. The molecular weight excluding hydrogens is 156 g/mol. The van der Waals surface area contributed by atoms with E-state index in [2.05, 4.69) is 11.8 Å². The molecule has 0 aromatic rings. The Bertz CT molecular complexity index is 132. The van der Waals surface area contributed by atoms with E-state index in [9.17, 15) is 0 Å². The van der Waals surface area contributed by atoms with Gasteiger partial charge in [0.25, 0.3) is 0 Å². The van der Waals surface area contributed by atoms with Crippen molar-refractivity contribution in [1.29, 1.82) is 0 Å². The number of hydrogen-bond donors (Lipinski definition) is 2. The van der Waals surface area contributed by atoms with E-state index in [0.717, 1.165) is 26.2 Å². The molecule has 4 nitrogen and oxygen atoms in total. The minimum atomic E-state index is -0.115. The Kier molecular flexibility index (Phi) is 3.94. The lowest BCUT2D eigenvalue weighted by Gasteiger charge is -2.32. The summed E-state index contributed by atoms with van der Waals surface area (Å²) >= 11 is 0. The zero-order chi connectivity index (χ0) is 8.97. The molecule has 0 aromatic carbocycles. The van der Waals surface area contributed by atoms with Crippen molar-refractivity contribution < 1.29 is 9.84 Å². The van der Waals surface area contributed by atoms with Gasteiger partial charge >= 0.3 is 0 Å². The molecule has 72 valence electrons. The molecule has 0 aromatic heterocycles. The van der Waals surface area contributed by atoms with E-state index in [0.29, 0.717) is 6.10 Å². The van der Waals surface area contributed by atoms with E-state index in [1.165, 1.54) is 0 Å². The SMILES string of the molecule is CC1CN(CC(N)CO)CCO1. The minimum absolute atomic E-state index is 0.0612. The van der Waals surface area contributed by atoms with Crippen LogP contribution in [0.4, 0.5) is 0 Å². The van der Waals surface area contributed by atoms with Crippen LogP contribution >= 0.6 is 0 Å². The van der Waals surface area contributed by atoms with Gasteiger partial charge in [-0.05, 0) is 6.92 Å². The molecule has 1 aliphatic rings. The molecule has 0 radical (unpaired) electrons. The van der Waals surface area contributed by atoms with Crippen molar-refractivity contribution in [3.63, 3.8) is 0 Å². The average molecular weight is 174 g/mol. The summed E-state index contributed by atoms with van der Waals surface area (Å²) in [5.74, 6) is 0. The van der Waals surface area contributed by atoms with E-state index in [1.54, 1.807) is 0 Å². The van der Waals surface area contributed by atoms with Crippen molar-refractivity contribution in [1.82, 2.24) is 4.90 Å². The van der Waals surface area contributed by atoms with Gasteiger partial charge in [0.15, 0.2) is 0 Å². The molecule has 0 aliphatic carbocycles. The Morgan fingerprint density at radius 2 is 2.50 bits per heavy atom. The fourth-order valence-corrected chi connectivity index (χ4v) is 1.45. The highest BCUT2D eigenvalue weighted by atomic mass is 16.5. The molecule has 0 bridgehead atoms. The summed E-state index contributed by atoms with van der Waals surface area (Å²) in [5, 5.41) is 8.75. The number of hydrogen-bond acceptors (Lipinski definition) is 4. The van der Waals surface area contributed by atoms with E-state index >= 15 is 0 Å². The van der Waals surface area contributed by atoms with Crippen LogP contribution in [0, 0.1) is 0 Å². The molecular formula is C8H18N2O2. The first kappa shape index (κ1) is 9.92. The summed E-state index contributed by atoms with van der Waals surface area (Å²) in [6.45, 7) is 5.51. The lowest BCUT2D eigenvalue weighted by molar-refractivity contribution is -0.0213. The largest absolute Gasteiger partial charge is 0.395 e. The first-order valence-corrected chi connectivity index (χ1v) is 4.42. The first-order chi connectivity index (χ1) is 5.72. The number of morpholine rings is 1. The van der Waals surface area contributed by atoms with E-state index in [-0.39, 0.29) is 12.6 Å².